The molecule has 0 aromatic carbocycles. The van der Waals surface area contributed by atoms with E-state index in [1.807, 2.05) is 16.4 Å². The first kappa shape index (κ1) is 19.9. The minimum Gasteiger partial charge on any atom is -0.379 e. The van der Waals surface area contributed by atoms with Crippen LogP contribution in [0.3, 0.4) is 0 Å². The van der Waals surface area contributed by atoms with E-state index in [9.17, 15) is 4.79 Å². The molecule has 31 heavy (non-hydrogen) atoms. The van der Waals surface area contributed by atoms with Crippen molar-refractivity contribution in [2.24, 2.45) is 0 Å². The van der Waals surface area contributed by atoms with Crippen LogP contribution in [0.4, 0.5) is 5.82 Å². The lowest BCUT2D eigenvalue weighted by molar-refractivity contribution is 0.0691. The third kappa shape index (κ3) is 3.54. The summed E-state index contributed by atoms with van der Waals surface area (Å²) in [5, 5.41) is 7.57. The molecule has 0 radical (unpaired) electrons. The minimum atomic E-state index is 0.0185. The first-order valence-corrected chi connectivity index (χ1v) is 11.1. The van der Waals surface area contributed by atoms with Crippen LogP contribution < -0.4 is 5.73 Å². The number of carbonyl (C=O) groups is 1. The topological polar surface area (TPSA) is 119 Å². The van der Waals surface area contributed by atoms with Crippen molar-refractivity contribution in [3.63, 3.8) is 0 Å². The molecule has 3 aromatic heterocycles. The summed E-state index contributed by atoms with van der Waals surface area (Å²) in [5.41, 5.74) is 8.24. The lowest BCUT2D eigenvalue weighted by atomic mass is 10.1. The van der Waals surface area contributed by atoms with Crippen LogP contribution in [0.2, 0.25) is 0 Å². The zero-order chi connectivity index (χ0) is 21.4. The van der Waals surface area contributed by atoms with E-state index in [4.69, 9.17) is 10.4 Å². The molecule has 2 aliphatic heterocycles. The highest BCUT2D eigenvalue weighted by Gasteiger charge is 2.33. The maximum Gasteiger partial charge on any atom is 0.257 e. The average Bonchev–Trinajstić information content (AvgIpc) is 3.51. The van der Waals surface area contributed by atoms with Crippen molar-refractivity contribution >= 4 is 22.8 Å². The molecule has 5 rings (SSSR count). The number of hydrogen-bond acceptors (Lipinski definition) is 8. The summed E-state index contributed by atoms with van der Waals surface area (Å²) >= 11 is 0. The second kappa shape index (κ2) is 8.26. The van der Waals surface area contributed by atoms with Gasteiger partial charge in [0.1, 0.15) is 5.52 Å². The summed E-state index contributed by atoms with van der Waals surface area (Å²) < 4.78 is 6.71. The Hall–Kier alpha value is -3.01. The standard InChI is InChI=1S/C21H28N8O2/c1-2-28-18-15(11-23-12-16(18)24-20(28)17-19(22)26-31-25-17)21(30)29-10-6-7-14(29)13-27-8-4-3-5-9-27/h11-12,14H,2-10,13H2,1H3,(H2,22,26)/t14-/m0/s1. The van der Waals surface area contributed by atoms with Gasteiger partial charge in [-0.25, -0.2) is 9.61 Å². The number of fused-ring (bicyclic) bond motifs is 1. The number of imidazole rings is 1. The van der Waals surface area contributed by atoms with Crippen LogP contribution in [0, 0.1) is 0 Å². The summed E-state index contributed by atoms with van der Waals surface area (Å²) in [4.78, 5) is 27.2. The predicted molar refractivity (Wildman–Crippen MR) is 115 cm³/mol. The number of nitrogens with zero attached hydrogens (tertiary/aromatic N) is 7. The highest BCUT2D eigenvalue weighted by molar-refractivity contribution is 6.05. The predicted octanol–water partition coefficient (Wildman–Crippen LogP) is 2.17. The van der Waals surface area contributed by atoms with Crippen LogP contribution in [0.1, 0.15) is 49.4 Å². The van der Waals surface area contributed by atoms with Crippen molar-refractivity contribution in [3.8, 4) is 11.5 Å². The smallest absolute Gasteiger partial charge is 0.257 e. The molecule has 0 saturated carbocycles. The van der Waals surface area contributed by atoms with Crippen molar-refractivity contribution in [2.75, 3.05) is 31.9 Å². The molecule has 10 heteroatoms. The molecule has 3 aromatic rings. The number of nitrogen functional groups attached to an aromatic ring is 1. The average molecular weight is 425 g/mol. The monoisotopic (exact) mass is 424 g/mol. The van der Waals surface area contributed by atoms with E-state index >= 15 is 0 Å². The molecule has 2 saturated heterocycles. The fraction of sp³-hybridized carbons (Fsp3) is 0.571. The summed E-state index contributed by atoms with van der Waals surface area (Å²) in [6.45, 7) is 6.59. The second-order valence-electron chi connectivity index (χ2n) is 8.39. The van der Waals surface area contributed by atoms with Crippen LogP contribution in [-0.4, -0.2) is 72.8 Å². The number of likely N-dealkylation sites (tertiary alicyclic amines) is 2. The number of carbonyl (C=O) groups excluding carboxylic acids is 1. The van der Waals surface area contributed by atoms with Crippen LogP contribution in [-0.2, 0) is 6.54 Å². The Labute approximate surface area is 180 Å². The van der Waals surface area contributed by atoms with Gasteiger partial charge >= 0.3 is 0 Å². The van der Waals surface area contributed by atoms with Crippen LogP contribution in [0.15, 0.2) is 17.0 Å². The molecule has 164 valence electrons. The van der Waals surface area contributed by atoms with Gasteiger partial charge in [0.25, 0.3) is 5.91 Å². The molecule has 0 aliphatic carbocycles. The quantitative estimate of drug-likeness (QED) is 0.662. The minimum absolute atomic E-state index is 0.0185. The second-order valence-corrected chi connectivity index (χ2v) is 8.39. The van der Waals surface area contributed by atoms with Crippen molar-refractivity contribution in [1.82, 2.24) is 34.6 Å². The lowest BCUT2D eigenvalue weighted by Crippen LogP contribution is -2.44. The highest BCUT2D eigenvalue weighted by atomic mass is 16.6. The summed E-state index contributed by atoms with van der Waals surface area (Å²) in [6.07, 6.45) is 9.22. The molecule has 1 amide bonds. The van der Waals surface area contributed by atoms with Crippen molar-refractivity contribution in [1.29, 1.82) is 0 Å². The van der Waals surface area contributed by atoms with E-state index in [1.165, 1.54) is 19.3 Å². The SMILES string of the molecule is CCn1c(-c2nonc2N)nc2cncc(C(=O)N3CCC[C@H]3CN3CCCCC3)c21. The maximum atomic E-state index is 13.7. The van der Waals surface area contributed by atoms with E-state index in [2.05, 4.69) is 25.2 Å². The van der Waals surface area contributed by atoms with E-state index in [1.54, 1.807) is 12.4 Å². The van der Waals surface area contributed by atoms with Gasteiger partial charge in [-0.05, 0) is 56.0 Å². The van der Waals surface area contributed by atoms with Crippen LogP contribution >= 0.6 is 0 Å². The molecule has 5 heterocycles. The number of nitrogens with two attached hydrogens (primary N) is 1. The van der Waals surface area contributed by atoms with Gasteiger partial charge < -0.3 is 20.1 Å². The molecule has 2 N–H and O–H groups in total. The molecule has 2 fully saturated rings. The van der Waals surface area contributed by atoms with Crippen molar-refractivity contribution in [2.45, 2.75) is 51.6 Å². The van der Waals surface area contributed by atoms with E-state index < -0.39 is 0 Å². The van der Waals surface area contributed by atoms with Crippen LogP contribution in [0.25, 0.3) is 22.6 Å². The molecular formula is C21H28N8O2. The Bertz CT molecular complexity index is 1080. The Morgan fingerprint density at radius 2 is 2.00 bits per heavy atom. The van der Waals surface area contributed by atoms with Gasteiger partial charge in [0.15, 0.2) is 17.3 Å². The molecular weight excluding hydrogens is 396 g/mol. The van der Waals surface area contributed by atoms with E-state index in [0.717, 1.165) is 44.5 Å². The first-order chi connectivity index (χ1) is 15.2. The third-order valence-corrected chi connectivity index (χ3v) is 6.48. The summed E-state index contributed by atoms with van der Waals surface area (Å²) in [5.74, 6) is 0.724. The normalized spacial score (nSPS) is 20.0. The number of hydrogen-bond donors (Lipinski definition) is 1. The van der Waals surface area contributed by atoms with Gasteiger partial charge in [-0.1, -0.05) is 6.42 Å². The molecule has 1 atom stereocenters. The number of amides is 1. The van der Waals surface area contributed by atoms with Gasteiger partial charge in [0.2, 0.25) is 0 Å². The van der Waals surface area contributed by atoms with Crippen molar-refractivity contribution in [3.05, 3.63) is 18.0 Å². The van der Waals surface area contributed by atoms with Gasteiger partial charge in [0.05, 0.1) is 17.3 Å². The largest absolute Gasteiger partial charge is 0.379 e. The molecule has 0 spiro atoms. The summed E-state index contributed by atoms with van der Waals surface area (Å²) in [7, 11) is 0. The molecule has 0 bridgehead atoms. The first-order valence-electron chi connectivity index (χ1n) is 11.1. The van der Waals surface area contributed by atoms with Gasteiger partial charge in [-0.2, -0.15) is 0 Å². The van der Waals surface area contributed by atoms with Gasteiger partial charge in [-0.15, -0.1) is 0 Å². The molecule has 10 nitrogen and oxygen atoms in total. The highest BCUT2D eigenvalue weighted by Crippen LogP contribution is 2.30. The maximum absolute atomic E-state index is 13.7. The Morgan fingerprint density at radius 1 is 1.16 bits per heavy atom. The fourth-order valence-corrected chi connectivity index (χ4v) is 4.97. The van der Waals surface area contributed by atoms with Gasteiger partial charge in [-0.3, -0.25) is 9.78 Å². The Morgan fingerprint density at radius 3 is 2.74 bits per heavy atom. The van der Waals surface area contributed by atoms with Crippen molar-refractivity contribution < 1.29 is 9.42 Å². The summed E-state index contributed by atoms with van der Waals surface area (Å²) in [6, 6.07) is 0.244. The number of rotatable bonds is 5. The number of pyridine rings is 1. The lowest BCUT2D eigenvalue weighted by Gasteiger charge is -2.33. The zero-order valence-electron chi connectivity index (χ0n) is 17.8. The number of aromatic nitrogens is 5. The Balaban J connectivity index is 1.50. The third-order valence-electron chi connectivity index (χ3n) is 6.48. The Kier molecular flexibility index (Phi) is 5.31. The van der Waals surface area contributed by atoms with E-state index in [-0.39, 0.29) is 17.8 Å². The molecule has 2 aliphatic rings. The fourth-order valence-electron chi connectivity index (χ4n) is 4.97. The number of piperidine rings is 1. The number of aryl methyl sites for hydroxylation is 1. The zero-order valence-corrected chi connectivity index (χ0v) is 17.8. The van der Waals surface area contributed by atoms with Crippen LogP contribution in [0.5, 0.6) is 0 Å². The molecule has 0 unspecified atom stereocenters. The van der Waals surface area contributed by atoms with Gasteiger partial charge in [0, 0.05) is 31.9 Å². The number of anilines is 1. The van der Waals surface area contributed by atoms with E-state index in [0.29, 0.717) is 29.1 Å².